The zero-order valence-electron chi connectivity index (χ0n) is 11.5. The van der Waals surface area contributed by atoms with E-state index in [-0.39, 0.29) is 0 Å². The van der Waals surface area contributed by atoms with Crippen molar-refractivity contribution >= 4 is 10.0 Å². The summed E-state index contributed by atoms with van der Waals surface area (Å²) >= 11 is 0. The molecule has 0 spiro atoms. The van der Waals surface area contributed by atoms with Crippen molar-refractivity contribution in [3.8, 4) is 0 Å². The molecule has 2 rings (SSSR count). The molecule has 106 valence electrons. The van der Waals surface area contributed by atoms with E-state index < -0.39 is 10.0 Å². The molecular weight excluding hydrogens is 262 g/mol. The minimum absolute atomic E-state index is 0.431. The lowest BCUT2D eigenvalue weighted by Crippen LogP contribution is -2.39. The van der Waals surface area contributed by atoms with Gasteiger partial charge in [0.05, 0.1) is 4.90 Å². The Morgan fingerprint density at radius 3 is 2.47 bits per heavy atom. The van der Waals surface area contributed by atoms with Crippen LogP contribution in [0.3, 0.4) is 0 Å². The summed E-state index contributed by atoms with van der Waals surface area (Å²) in [5, 5.41) is 0. The highest BCUT2D eigenvalue weighted by molar-refractivity contribution is 7.89. The van der Waals surface area contributed by atoms with Crippen molar-refractivity contribution in [2.45, 2.75) is 24.7 Å². The van der Waals surface area contributed by atoms with E-state index in [0.717, 1.165) is 25.0 Å². The fourth-order valence-corrected chi connectivity index (χ4v) is 4.23. The Balaban J connectivity index is 2.12. The summed E-state index contributed by atoms with van der Waals surface area (Å²) in [6.07, 6.45) is 1.75. The van der Waals surface area contributed by atoms with Crippen LogP contribution in [0.15, 0.2) is 29.2 Å². The Morgan fingerprint density at radius 2 is 1.89 bits per heavy atom. The van der Waals surface area contributed by atoms with Gasteiger partial charge < -0.3 is 4.74 Å². The summed E-state index contributed by atoms with van der Waals surface area (Å²) in [5.41, 5.74) is 0.807. The molecule has 0 radical (unpaired) electrons. The lowest BCUT2D eigenvalue weighted by atomic mass is 9.99. The van der Waals surface area contributed by atoms with E-state index in [1.54, 1.807) is 23.5 Å². The maximum Gasteiger partial charge on any atom is 0.243 e. The molecule has 0 unspecified atom stereocenters. The summed E-state index contributed by atoms with van der Waals surface area (Å²) in [6, 6.07) is 7.16. The van der Waals surface area contributed by atoms with Crippen molar-refractivity contribution < 1.29 is 13.2 Å². The van der Waals surface area contributed by atoms with Gasteiger partial charge in [-0.25, -0.2) is 8.42 Å². The molecule has 1 aliphatic heterocycles. The Kier molecular flexibility index (Phi) is 4.60. The third-order valence-corrected chi connectivity index (χ3v) is 5.75. The highest BCUT2D eigenvalue weighted by atomic mass is 32.2. The number of methoxy groups -OCH3 is 1. The lowest BCUT2D eigenvalue weighted by Gasteiger charge is -2.31. The second-order valence-electron chi connectivity index (χ2n) is 5.07. The van der Waals surface area contributed by atoms with Crippen molar-refractivity contribution in [1.82, 2.24) is 4.31 Å². The van der Waals surface area contributed by atoms with Crippen LogP contribution in [0.2, 0.25) is 0 Å². The van der Waals surface area contributed by atoms with Gasteiger partial charge in [-0.2, -0.15) is 4.31 Å². The Labute approximate surface area is 115 Å². The average Bonchev–Trinajstić information content (AvgIpc) is 2.40. The standard InChI is InChI=1S/C14H21NO3S/c1-12-5-3-4-6-14(12)19(16,17)15-9-7-13(8-10-15)11-18-2/h3-6,13H,7-11H2,1-2H3. The van der Waals surface area contributed by atoms with E-state index >= 15 is 0 Å². The van der Waals surface area contributed by atoms with Gasteiger partial charge in [-0.15, -0.1) is 0 Å². The molecule has 0 aliphatic carbocycles. The van der Waals surface area contributed by atoms with Crippen molar-refractivity contribution in [2.24, 2.45) is 5.92 Å². The molecule has 0 amide bonds. The van der Waals surface area contributed by atoms with Crippen LogP contribution in [0.1, 0.15) is 18.4 Å². The first-order valence-electron chi connectivity index (χ1n) is 6.60. The minimum atomic E-state index is -3.34. The van der Waals surface area contributed by atoms with E-state index in [1.807, 2.05) is 19.1 Å². The Morgan fingerprint density at radius 1 is 1.26 bits per heavy atom. The van der Waals surface area contributed by atoms with E-state index in [2.05, 4.69) is 0 Å². The average molecular weight is 283 g/mol. The number of hydrogen-bond donors (Lipinski definition) is 0. The molecule has 0 N–H and O–H groups in total. The molecule has 1 aliphatic rings. The number of ether oxygens (including phenoxy) is 1. The molecule has 0 bridgehead atoms. The number of benzene rings is 1. The van der Waals surface area contributed by atoms with Gasteiger partial charge in [-0.1, -0.05) is 18.2 Å². The van der Waals surface area contributed by atoms with Crippen LogP contribution in [0.4, 0.5) is 0 Å². The minimum Gasteiger partial charge on any atom is -0.384 e. The summed E-state index contributed by atoms with van der Waals surface area (Å²) in [6.45, 7) is 3.73. The quantitative estimate of drug-likeness (QED) is 0.849. The predicted molar refractivity (Wildman–Crippen MR) is 74.5 cm³/mol. The number of hydrogen-bond acceptors (Lipinski definition) is 3. The van der Waals surface area contributed by atoms with Gasteiger partial charge in [0.25, 0.3) is 0 Å². The number of nitrogens with zero attached hydrogens (tertiary/aromatic N) is 1. The van der Waals surface area contributed by atoms with E-state index in [4.69, 9.17) is 4.74 Å². The lowest BCUT2D eigenvalue weighted by molar-refractivity contribution is 0.121. The van der Waals surface area contributed by atoms with E-state index in [0.29, 0.717) is 23.9 Å². The second-order valence-corrected chi connectivity index (χ2v) is 6.97. The van der Waals surface area contributed by atoms with E-state index in [9.17, 15) is 8.42 Å². The summed E-state index contributed by atoms with van der Waals surface area (Å²) in [4.78, 5) is 0.431. The number of piperidine rings is 1. The van der Waals surface area contributed by atoms with Crippen LogP contribution in [0.25, 0.3) is 0 Å². The third kappa shape index (κ3) is 3.16. The molecule has 5 heteroatoms. The SMILES string of the molecule is COCC1CCN(S(=O)(=O)c2ccccc2C)CC1. The second kappa shape index (κ2) is 6.03. The van der Waals surface area contributed by atoms with Crippen LogP contribution >= 0.6 is 0 Å². The number of sulfonamides is 1. The maximum absolute atomic E-state index is 12.6. The van der Waals surface area contributed by atoms with Gasteiger partial charge in [-0.3, -0.25) is 0 Å². The normalized spacial score (nSPS) is 18.6. The monoisotopic (exact) mass is 283 g/mol. The fraction of sp³-hybridized carbons (Fsp3) is 0.571. The largest absolute Gasteiger partial charge is 0.384 e. The summed E-state index contributed by atoms with van der Waals surface area (Å²) in [7, 11) is -1.65. The number of aryl methyl sites for hydroxylation is 1. The molecule has 0 atom stereocenters. The van der Waals surface area contributed by atoms with Gasteiger partial charge in [0.2, 0.25) is 10.0 Å². The van der Waals surface area contributed by atoms with E-state index in [1.165, 1.54) is 0 Å². The Hall–Kier alpha value is -0.910. The van der Waals surface area contributed by atoms with Gasteiger partial charge >= 0.3 is 0 Å². The topological polar surface area (TPSA) is 46.6 Å². The van der Waals surface area contributed by atoms with Gasteiger partial charge in [0.1, 0.15) is 0 Å². The fourth-order valence-electron chi connectivity index (χ4n) is 2.54. The van der Waals surface area contributed by atoms with Crippen molar-refractivity contribution in [3.63, 3.8) is 0 Å². The third-order valence-electron chi connectivity index (χ3n) is 3.69. The van der Waals surface area contributed by atoms with Gasteiger partial charge in [-0.05, 0) is 37.3 Å². The molecule has 0 aromatic heterocycles. The van der Waals surface area contributed by atoms with Crippen LogP contribution in [0, 0.1) is 12.8 Å². The molecule has 1 heterocycles. The van der Waals surface area contributed by atoms with Crippen LogP contribution in [-0.4, -0.2) is 39.5 Å². The van der Waals surface area contributed by atoms with Crippen molar-refractivity contribution in [3.05, 3.63) is 29.8 Å². The number of rotatable bonds is 4. The molecule has 1 saturated heterocycles. The van der Waals surface area contributed by atoms with Crippen LogP contribution < -0.4 is 0 Å². The van der Waals surface area contributed by atoms with Crippen molar-refractivity contribution in [2.75, 3.05) is 26.8 Å². The summed E-state index contributed by atoms with van der Waals surface area (Å²) < 4.78 is 31.9. The zero-order chi connectivity index (χ0) is 13.9. The highest BCUT2D eigenvalue weighted by Crippen LogP contribution is 2.25. The first-order chi connectivity index (χ1) is 9.05. The predicted octanol–water partition coefficient (Wildman–Crippen LogP) is 2.04. The summed E-state index contributed by atoms with van der Waals surface area (Å²) in [5.74, 6) is 0.480. The molecule has 1 fully saturated rings. The molecule has 19 heavy (non-hydrogen) atoms. The molecule has 1 aromatic carbocycles. The maximum atomic E-state index is 12.6. The van der Waals surface area contributed by atoms with Gasteiger partial charge in [0.15, 0.2) is 0 Å². The first-order valence-corrected chi connectivity index (χ1v) is 8.04. The Bertz CT molecular complexity index is 519. The van der Waals surface area contributed by atoms with Crippen LogP contribution in [-0.2, 0) is 14.8 Å². The smallest absolute Gasteiger partial charge is 0.243 e. The molecule has 4 nitrogen and oxygen atoms in total. The highest BCUT2D eigenvalue weighted by Gasteiger charge is 2.29. The first kappa shape index (κ1) is 14.5. The molecular formula is C14H21NO3S. The zero-order valence-corrected chi connectivity index (χ0v) is 12.3. The van der Waals surface area contributed by atoms with Gasteiger partial charge in [0, 0.05) is 26.8 Å². The van der Waals surface area contributed by atoms with Crippen molar-refractivity contribution in [1.29, 1.82) is 0 Å². The van der Waals surface area contributed by atoms with Crippen LogP contribution in [0.5, 0.6) is 0 Å². The molecule has 0 saturated carbocycles. The molecule has 1 aromatic rings.